The van der Waals surface area contributed by atoms with Crippen LogP contribution in [0.3, 0.4) is 0 Å². The highest BCUT2D eigenvalue weighted by Gasteiger charge is 2.22. The Hall–Kier alpha value is -3.32. The first-order chi connectivity index (χ1) is 14.5. The number of aromatic nitrogens is 1. The van der Waals surface area contributed by atoms with Gasteiger partial charge in [-0.3, -0.25) is 19.1 Å². The molecule has 1 aliphatic heterocycles. The Morgan fingerprint density at radius 2 is 1.40 bits per heavy atom. The van der Waals surface area contributed by atoms with E-state index in [1.165, 1.54) is 59.3 Å². The van der Waals surface area contributed by atoms with E-state index in [0.717, 1.165) is 5.56 Å². The summed E-state index contributed by atoms with van der Waals surface area (Å²) >= 11 is 0. The van der Waals surface area contributed by atoms with Crippen LogP contribution in [0.5, 0.6) is 0 Å². The average Bonchev–Trinajstić information content (AvgIpc) is 2.76. The fourth-order valence-corrected chi connectivity index (χ4v) is 3.56. The van der Waals surface area contributed by atoms with E-state index in [-0.39, 0.29) is 17.3 Å². The average molecular weight is 409 g/mol. The van der Waals surface area contributed by atoms with Gasteiger partial charge in [0.1, 0.15) is 11.6 Å². The zero-order chi connectivity index (χ0) is 21.1. The van der Waals surface area contributed by atoms with Crippen LogP contribution in [0, 0.1) is 11.6 Å². The minimum Gasteiger partial charge on any atom is -0.336 e. The SMILES string of the molecule is O=C(c1ccc(=O)n(-c2ccc(F)cc2)c1)N1CCN(Cc2ccc(F)cc2)CC1. The van der Waals surface area contributed by atoms with E-state index in [1.807, 2.05) is 0 Å². The van der Waals surface area contributed by atoms with Crippen molar-refractivity contribution in [2.24, 2.45) is 0 Å². The Kier molecular flexibility index (Phi) is 5.72. The standard InChI is InChI=1S/C23H21F2N3O2/c24-19-4-1-17(2-5-19)15-26-11-13-27(14-12-26)23(30)18-3-10-22(29)28(16-18)21-8-6-20(25)7-9-21/h1-10,16H,11-15H2. The number of hydrogen-bond acceptors (Lipinski definition) is 3. The fourth-order valence-electron chi connectivity index (χ4n) is 3.56. The van der Waals surface area contributed by atoms with Gasteiger partial charge in [0.05, 0.1) is 5.56 Å². The Balaban J connectivity index is 1.43. The van der Waals surface area contributed by atoms with Crippen LogP contribution < -0.4 is 5.56 Å². The van der Waals surface area contributed by atoms with Crippen molar-refractivity contribution >= 4 is 5.91 Å². The second-order valence-electron chi connectivity index (χ2n) is 7.30. The Labute approximate surface area is 172 Å². The quantitative estimate of drug-likeness (QED) is 0.665. The van der Waals surface area contributed by atoms with Gasteiger partial charge in [0.15, 0.2) is 0 Å². The van der Waals surface area contributed by atoms with E-state index in [2.05, 4.69) is 4.90 Å². The number of piperazine rings is 1. The van der Waals surface area contributed by atoms with Crippen molar-refractivity contribution in [3.05, 3.63) is 100.0 Å². The molecule has 5 nitrogen and oxygen atoms in total. The third-order valence-electron chi connectivity index (χ3n) is 5.24. The Morgan fingerprint density at radius 1 is 0.800 bits per heavy atom. The van der Waals surface area contributed by atoms with Crippen LogP contribution in [0.1, 0.15) is 15.9 Å². The van der Waals surface area contributed by atoms with Crippen molar-refractivity contribution in [3.63, 3.8) is 0 Å². The lowest BCUT2D eigenvalue weighted by Crippen LogP contribution is -2.48. The van der Waals surface area contributed by atoms with Gasteiger partial charge in [-0.05, 0) is 48.0 Å². The predicted octanol–water partition coefficient (Wildman–Crippen LogP) is 3.07. The number of nitrogens with zero attached hydrogens (tertiary/aromatic N) is 3. The highest BCUT2D eigenvalue weighted by Crippen LogP contribution is 2.13. The molecular weight excluding hydrogens is 388 g/mol. The Morgan fingerprint density at radius 3 is 2.03 bits per heavy atom. The van der Waals surface area contributed by atoms with E-state index in [1.54, 1.807) is 17.0 Å². The number of halogens is 2. The molecule has 0 bridgehead atoms. The summed E-state index contributed by atoms with van der Waals surface area (Å²) in [6.07, 6.45) is 1.50. The summed E-state index contributed by atoms with van der Waals surface area (Å²) in [5, 5.41) is 0. The summed E-state index contributed by atoms with van der Waals surface area (Å²) in [7, 11) is 0. The molecule has 154 valence electrons. The molecule has 30 heavy (non-hydrogen) atoms. The summed E-state index contributed by atoms with van der Waals surface area (Å²) in [5.41, 5.74) is 1.65. The van der Waals surface area contributed by atoms with Gasteiger partial charge in [0, 0.05) is 50.7 Å². The summed E-state index contributed by atoms with van der Waals surface area (Å²) in [6, 6.07) is 14.9. The van der Waals surface area contributed by atoms with E-state index in [4.69, 9.17) is 0 Å². The number of rotatable bonds is 4. The molecular formula is C23H21F2N3O2. The van der Waals surface area contributed by atoms with Crippen LogP contribution in [0.4, 0.5) is 8.78 Å². The lowest BCUT2D eigenvalue weighted by molar-refractivity contribution is 0.0627. The molecule has 1 saturated heterocycles. The monoisotopic (exact) mass is 409 g/mol. The molecule has 1 aliphatic rings. The van der Waals surface area contributed by atoms with Gasteiger partial charge in [-0.1, -0.05) is 12.1 Å². The van der Waals surface area contributed by atoms with Crippen molar-refractivity contribution in [2.45, 2.75) is 6.54 Å². The molecule has 1 fully saturated rings. The number of carbonyl (C=O) groups is 1. The molecule has 3 aromatic rings. The van der Waals surface area contributed by atoms with Gasteiger partial charge in [-0.15, -0.1) is 0 Å². The first kappa shape index (κ1) is 20.0. The van der Waals surface area contributed by atoms with E-state index in [0.29, 0.717) is 44.0 Å². The lowest BCUT2D eigenvalue weighted by atomic mass is 10.1. The van der Waals surface area contributed by atoms with Gasteiger partial charge in [0.25, 0.3) is 11.5 Å². The number of benzene rings is 2. The fraction of sp³-hybridized carbons (Fsp3) is 0.217. The molecule has 0 aliphatic carbocycles. The van der Waals surface area contributed by atoms with Crippen LogP contribution in [-0.4, -0.2) is 46.5 Å². The highest BCUT2D eigenvalue weighted by molar-refractivity contribution is 5.94. The maximum atomic E-state index is 13.2. The van der Waals surface area contributed by atoms with Crippen LogP contribution in [0.15, 0.2) is 71.7 Å². The molecule has 0 radical (unpaired) electrons. The molecule has 1 aromatic heterocycles. The first-order valence-corrected chi connectivity index (χ1v) is 9.74. The third kappa shape index (κ3) is 4.46. The van der Waals surface area contributed by atoms with Crippen molar-refractivity contribution in [3.8, 4) is 5.69 Å². The number of pyridine rings is 1. The summed E-state index contributed by atoms with van der Waals surface area (Å²) in [6.45, 7) is 3.25. The van der Waals surface area contributed by atoms with Gasteiger partial charge >= 0.3 is 0 Å². The largest absolute Gasteiger partial charge is 0.336 e. The van der Waals surface area contributed by atoms with Crippen molar-refractivity contribution in [2.75, 3.05) is 26.2 Å². The topological polar surface area (TPSA) is 45.6 Å². The van der Waals surface area contributed by atoms with Gasteiger partial charge < -0.3 is 4.90 Å². The number of hydrogen-bond donors (Lipinski definition) is 0. The molecule has 7 heteroatoms. The maximum Gasteiger partial charge on any atom is 0.255 e. The minimum absolute atomic E-state index is 0.146. The van der Waals surface area contributed by atoms with Gasteiger partial charge in [0.2, 0.25) is 0 Å². The predicted molar refractivity (Wildman–Crippen MR) is 110 cm³/mol. The lowest BCUT2D eigenvalue weighted by Gasteiger charge is -2.34. The molecule has 0 unspecified atom stereocenters. The number of carbonyl (C=O) groups excluding carboxylic acids is 1. The summed E-state index contributed by atoms with van der Waals surface area (Å²) in [5.74, 6) is -0.791. The molecule has 0 atom stereocenters. The van der Waals surface area contributed by atoms with Crippen molar-refractivity contribution in [1.82, 2.24) is 14.4 Å². The van der Waals surface area contributed by atoms with Crippen LogP contribution >= 0.6 is 0 Å². The number of amides is 1. The van der Waals surface area contributed by atoms with Crippen molar-refractivity contribution < 1.29 is 13.6 Å². The molecule has 0 N–H and O–H groups in total. The maximum absolute atomic E-state index is 13.2. The zero-order valence-corrected chi connectivity index (χ0v) is 16.3. The highest BCUT2D eigenvalue weighted by atomic mass is 19.1. The van der Waals surface area contributed by atoms with Crippen LogP contribution in [0.2, 0.25) is 0 Å². The van der Waals surface area contributed by atoms with E-state index in [9.17, 15) is 18.4 Å². The second kappa shape index (κ2) is 8.59. The molecule has 0 spiro atoms. The van der Waals surface area contributed by atoms with E-state index < -0.39 is 5.82 Å². The molecule has 2 heterocycles. The summed E-state index contributed by atoms with van der Waals surface area (Å²) < 4.78 is 27.6. The van der Waals surface area contributed by atoms with E-state index >= 15 is 0 Å². The van der Waals surface area contributed by atoms with Crippen LogP contribution in [-0.2, 0) is 6.54 Å². The molecule has 0 saturated carbocycles. The smallest absolute Gasteiger partial charge is 0.255 e. The minimum atomic E-state index is -0.391. The normalized spacial score (nSPS) is 14.7. The molecule has 1 amide bonds. The molecule has 2 aromatic carbocycles. The van der Waals surface area contributed by atoms with Crippen LogP contribution in [0.25, 0.3) is 5.69 Å². The van der Waals surface area contributed by atoms with Gasteiger partial charge in [-0.2, -0.15) is 0 Å². The summed E-state index contributed by atoms with van der Waals surface area (Å²) in [4.78, 5) is 29.1. The Bertz CT molecular complexity index is 1090. The van der Waals surface area contributed by atoms with Gasteiger partial charge in [-0.25, -0.2) is 8.78 Å². The first-order valence-electron chi connectivity index (χ1n) is 9.74. The molecule has 4 rings (SSSR count). The van der Waals surface area contributed by atoms with Crippen molar-refractivity contribution in [1.29, 1.82) is 0 Å². The third-order valence-corrected chi connectivity index (χ3v) is 5.24. The zero-order valence-electron chi connectivity index (χ0n) is 16.3. The second-order valence-corrected chi connectivity index (χ2v) is 7.30.